The topological polar surface area (TPSA) is 86.5 Å². The number of rotatable bonds is 8. The van der Waals surface area contributed by atoms with E-state index in [1.807, 2.05) is 0 Å². The molecule has 0 saturated heterocycles. The zero-order chi connectivity index (χ0) is 14.4. The van der Waals surface area contributed by atoms with Crippen LogP contribution in [-0.2, 0) is 9.47 Å². The van der Waals surface area contributed by atoms with Gasteiger partial charge in [0.1, 0.15) is 5.82 Å². The number of nitrogen functional groups attached to an aromatic ring is 1. The van der Waals surface area contributed by atoms with E-state index < -0.39 is 5.97 Å². The van der Waals surface area contributed by atoms with E-state index in [0.717, 1.165) is 12.5 Å². The van der Waals surface area contributed by atoms with E-state index in [2.05, 4.69) is 10.3 Å². The first-order chi connectivity index (χ1) is 9.70. The summed E-state index contributed by atoms with van der Waals surface area (Å²) in [5, 5.41) is 3.10. The third kappa shape index (κ3) is 4.38. The van der Waals surface area contributed by atoms with E-state index >= 15 is 0 Å². The van der Waals surface area contributed by atoms with Crippen LogP contribution in [0.2, 0.25) is 0 Å². The Bertz CT molecular complexity index is 461. The summed E-state index contributed by atoms with van der Waals surface area (Å²) in [5.41, 5.74) is 6.38. The number of pyridine rings is 1. The molecule has 0 bridgehead atoms. The second-order valence-electron chi connectivity index (χ2n) is 4.82. The summed E-state index contributed by atoms with van der Waals surface area (Å²) in [5.74, 6) is 0.928. The van der Waals surface area contributed by atoms with Crippen molar-refractivity contribution < 1.29 is 14.3 Å². The van der Waals surface area contributed by atoms with E-state index in [-0.39, 0.29) is 0 Å². The van der Waals surface area contributed by atoms with E-state index in [1.165, 1.54) is 19.0 Å². The van der Waals surface area contributed by atoms with Gasteiger partial charge in [-0.3, -0.25) is 0 Å². The Hall–Kier alpha value is -1.82. The van der Waals surface area contributed by atoms with E-state index in [9.17, 15) is 4.79 Å². The number of hydrogen-bond acceptors (Lipinski definition) is 6. The fraction of sp³-hybridized carbons (Fsp3) is 0.571. The molecule has 6 nitrogen and oxygen atoms in total. The van der Waals surface area contributed by atoms with Crippen LogP contribution in [0.1, 0.15) is 30.1 Å². The molecule has 0 amide bonds. The molecule has 0 atom stereocenters. The van der Waals surface area contributed by atoms with Gasteiger partial charge in [0, 0.05) is 13.2 Å². The number of ether oxygens (including phenoxy) is 2. The van der Waals surface area contributed by atoms with Crippen molar-refractivity contribution in [1.82, 2.24) is 4.98 Å². The number of nitrogens with one attached hydrogen (secondary N) is 1. The molecule has 1 saturated carbocycles. The first-order valence-corrected chi connectivity index (χ1v) is 6.95. The van der Waals surface area contributed by atoms with Crippen LogP contribution < -0.4 is 11.1 Å². The summed E-state index contributed by atoms with van der Waals surface area (Å²) in [6.45, 7) is 4.18. The molecule has 0 radical (unpaired) electrons. The van der Waals surface area contributed by atoms with Gasteiger partial charge >= 0.3 is 5.97 Å². The second-order valence-corrected chi connectivity index (χ2v) is 4.82. The van der Waals surface area contributed by atoms with E-state index in [0.29, 0.717) is 36.8 Å². The summed E-state index contributed by atoms with van der Waals surface area (Å²) in [4.78, 5) is 15.8. The first-order valence-electron chi connectivity index (χ1n) is 6.95. The van der Waals surface area contributed by atoms with Crippen molar-refractivity contribution in [2.24, 2.45) is 5.92 Å². The molecule has 2 rings (SSSR count). The zero-order valence-electron chi connectivity index (χ0n) is 11.7. The largest absolute Gasteiger partial charge is 0.462 e. The Morgan fingerprint density at radius 2 is 2.35 bits per heavy atom. The number of nitrogens with zero attached hydrogens (tertiary/aromatic N) is 1. The van der Waals surface area contributed by atoms with Crippen LogP contribution >= 0.6 is 0 Å². The van der Waals surface area contributed by atoms with E-state index in [1.54, 1.807) is 13.0 Å². The van der Waals surface area contributed by atoms with Gasteiger partial charge in [-0.2, -0.15) is 0 Å². The maximum Gasteiger partial charge on any atom is 0.340 e. The monoisotopic (exact) mass is 279 g/mol. The van der Waals surface area contributed by atoms with Gasteiger partial charge in [0.25, 0.3) is 0 Å². The molecular weight excluding hydrogens is 258 g/mol. The molecule has 0 aliphatic heterocycles. The minimum Gasteiger partial charge on any atom is -0.462 e. The average molecular weight is 279 g/mol. The first kappa shape index (κ1) is 14.6. The smallest absolute Gasteiger partial charge is 0.340 e. The van der Waals surface area contributed by atoms with Crippen molar-refractivity contribution in [2.75, 3.05) is 37.4 Å². The van der Waals surface area contributed by atoms with Crippen molar-refractivity contribution in [3.05, 3.63) is 17.8 Å². The van der Waals surface area contributed by atoms with Crippen LogP contribution in [0.25, 0.3) is 0 Å². The highest BCUT2D eigenvalue weighted by Crippen LogP contribution is 2.28. The Morgan fingerprint density at radius 3 is 3.05 bits per heavy atom. The van der Waals surface area contributed by atoms with Gasteiger partial charge in [0.05, 0.1) is 30.7 Å². The molecule has 0 aromatic carbocycles. The second kappa shape index (κ2) is 7.09. The molecule has 1 aliphatic rings. The molecule has 20 heavy (non-hydrogen) atoms. The summed E-state index contributed by atoms with van der Waals surface area (Å²) in [6.07, 6.45) is 4.03. The highest BCUT2D eigenvalue weighted by Gasteiger charge is 2.20. The molecule has 0 spiro atoms. The van der Waals surface area contributed by atoms with Crippen LogP contribution in [0.4, 0.5) is 11.5 Å². The summed E-state index contributed by atoms with van der Waals surface area (Å²) < 4.78 is 10.5. The molecule has 1 aromatic rings. The highest BCUT2D eigenvalue weighted by atomic mass is 16.5. The van der Waals surface area contributed by atoms with Gasteiger partial charge in [0.15, 0.2) is 0 Å². The fourth-order valence-electron chi connectivity index (χ4n) is 1.73. The van der Waals surface area contributed by atoms with E-state index in [4.69, 9.17) is 15.2 Å². The van der Waals surface area contributed by atoms with Crippen LogP contribution in [0.15, 0.2) is 12.3 Å². The number of carbonyl (C=O) groups excluding carboxylic acids is 1. The lowest BCUT2D eigenvalue weighted by molar-refractivity contribution is 0.0527. The van der Waals surface area contributed by atoms with Crippen molar-refractivity contribution in [3.63, 3.8) is 0 Å². The molecule has 6 heteroatoms. The molecule has 1 aliphatic carbocycles. The molecule has 1 heterocycles. The molecular formula is C14H21N3O3. The van der Waals surface area contributed by atoms with Gasteiger partial charge in [-0.05, 0) is 31.7 Å². The van der Waals surface area contributed by atoms with Crippen molar-refractivity contribution >= 4 is 17.5 Å². The minimum atomic E-state index is -0.430. The Morgan fingerprint density at radius 1 is 1.55 bits per heavy atom. The standard InChI is InChI=1S/C14H21N3O3/c1-2-20-14(18)11-7-13(17-8-12(11)15)16-5-6-19-9-10-3-4-10/h7-8,10H,2-6,9,15H2,1H3,(H,16,17). The Labute approximate surface area is 118 Å². The zero-order valence-corrected chi connectivity index (χ0v) is 11.7. The lowest BCUT2D eigenvalue weighted by atomic mass is 10.2. The Kier molecular flexibility index (Phi) is 5.17. The predicted molar refractivity (Wildman–Crippen MR) is 76.6 cm³/mol. The summed E-state index contributed by atoms with van der Waals surface area (Å²) >= 11 is 0. The number of nitrogens with two attached hydrogens (primary N) is 1. The molecule has 0 unspecified atom stereocenters. The number of anilines is 2. The molecule has 1 aromatic heterocycles. The normalized spacial score (nSPS) is 14.1. The van der Waals surface area contributed by atoms with Crippen molar-refractivity contribution in [3.8, 4) is 0 Å². The third-order valence-corrected chi connectivity index (χ3v) is 3.03. The maximum absolute atomic E-state index is 11.7. The van der Waals surface area contributed by atoms with Crippen LogP contribution in [-0.4, -0.2) is 37.3 Å². The fourth-order valence-corrected chi connectivity index (χ4v) is 1.73. The number of carbonyl (C=O) groups is 1. The van der Waals surface area contributed by atoms with Crippen molar-refractivity contribution in [1.29, 1.82) is 0 Å². The number of esters is 1. The van der Waals surface area contributed by atoms with Gasteiger partial charge in [0.2, 0.25) is 0 Å². The van der Waals surface area contributed by atoms with Gasteiger partial charge in [-0.1, -0.05) is 0 Å². The number of aromatic nitrogens is 1. The van der Waals surface area contributed by atoms with Gasteiger partial charge in [-0.15, -0.1) is 0 Å². The van der Waals surface area contributed by atoms with Crippen LogP contribution in [0.5, 0.6) is 0 Å². The third-order valence-electron chi connectivity index (χ3n) is 3.03. The van der Waals surface area contributed by atoms with Crippen LogP contribution in [0, 0.1) is 5.92 Å². The highest BCUT2D eigenvalue weighted by molar-refractivity contribution is 5.95. The molecule has 3 N–H and O–H groups in total. The van der Waals surface area contributed by atoms with Crippen molar-refractivity contribution in [2.45, 2.75) is 19.8 Å². The lowest BCUT2D eigenvalue weighted by Gasteiger charge is -2.09. The van der Waals surface area contributed by atoms with Gasteiger partial charge in [-0.25, -0.2) is 9.78 Å². The lowest BCUT2D eigenvalue weighted by Crippen LogP contribution is -2.13. The maximum atomic E-state index is 11.7. The number of hydrogen-bond donors (Lipinski definition) is 2. The summed E-state index contributed by atoms with van der Waals surface area (Å²) in [7, 11) is 0. The SMILES string of the molecule is CCOC(=O)c1cc(NCCOCC2CC2)ncc1N. The molecule has 110 valence electrons. The predicted octanol–water partition coefficient (Wildman–Crippen LogP) is 1.68. The minimum absolute atomic E-state index is 0.318. The average Bonchev–Trinajstić information content (AvgIpc) is 3.24. The quantitative estimate of drug-likeness (QED) is 0.556. The molecule has 1 fully saturated rings. The van der Waals surface area contributed by atoms with Crippen LogP contribution in [0.3, 0.4) is 0 Å². The Balaban J connectivity index is 1.81. The summed E-state index contributed by atoms with van der Waals surface area (Å²) in [6, 6.07) is 1.61. The van der Waals surface area contributed by atoms with Gasteiger partial charge < -0.3 is 20.5 Å².